The van der Waals surface area contributed by atoms with Gasteiger partial charge in [0.25, 0.3) is 0 Å². The Morgan fingerprint density at radius 1 is 1.00 bits per heavy atom. The van der Waals surface area contributed by atoms with Crippen LogP contribution in [0.2, 0.25) is 0 Å². The Bertz CT molecular complexity index is 636. The van der Waals surface area contributed by atoms with Crippen LogP contribution in [-0.2, 0) is 22.6 Å². The summed E-state index contributed by atoms with van der Waals surface area (Å²) in [5.41, 5.74) is 2.33. The molecule has 0 aliphatic heterocycles. The molecule has 0 amide bonds. The van der Waals surface area contributed by atoms with E-state index in [1.807, 2.05) is 12.1 Å². The van der Waals surface area contributed by atoms with E-state index in [1.54, 1.807) is 0 Å². The third kappa shape index (κ3) is 3.93. The minimum atomic E-state index is -0.287. The minimum absolute atomic E-state index is 0.0503. The van der Waals surface area contributed by atoms with E-state index in [4.69, 9.17) is 4.74 Å². The quantitative estimate of drug-likeness (QED) is 0.701. The maximum absolute atomic E-state index is 12.2. The summed E-state index contributed by atoms with van der Waals surface area (Å²) in [6, 6.07) is 21.5. The van der Waals surface area contributed by atoms with Crippen molar-refractivity contribution in [3.8, 4) is 0 Å². The van der Waals surface area contributed by atoms with Crippen LogP contribution >= 0.6 is 0 Å². The Hall–Kier alpha value is -2.13. The summed E-state index contributed by atoms with van der Waals surface area (Å²) in [4.78, 5) is 14.7. The molecule has 1 aliphatic rings. The first-order valence-corrected chi connectivity index (χ1v) is 9.07. The zero-order chi connectivity index (χ0) is 17.7. The third-order valence-electron chi connectivity index (χ3n) is 5.52. The first-order chi connectivity index (χ1) is 12.2. The second kappa shape index (κ2) is 7.83. The van der Waals surface area contributed by atoms with Gasteiger partial charge >= 0.3 is 5.97 Å². The highest BCUT2D eigenvalue weighted by Crippen LogP contribution is 2.48. The van der Waals surface area contributed by atoms with Gasteiger partial charge in [0.1, 0.15) is 0 Å². The molecule has 132 valence electrons. The lowest BCUT2D eigenvalue weighted by Gasteiger charge is -2.49. The van der Waals surface area contributed by atoms with Crippen molar-refractivity contribution in [1.82, 2.24) is 4.90 Å². The molecule has 1 saturated carbocycles. The van der Waals surface area contributed by atoms with Gasteiger partial charge in [0.2, 0.25) is 0 Å². The molecule has 1 fully saturated rings. The average molecular weight is 337 g/mol. The molecule has 0 N–H and O–H groups in total. The van der Waals surface area contributed by atoms with Crippen molar-refractivity contribution in [2.45, 2.75) is 45.3 Å². The van der Waals surface area contributed by atoms with Crippen LogP contribution in [0.25, 0.3) is 0 Å². The molecule has 0 aromatic heterocycles. The number of hydrogen-bond donors (Lipinski definition) is 0. The van der Waals surface area contributed by atoms with E-state index in [1.165, 1.54) is 18.2 Å². The number of hydrogen-bond acceptors (Lipinski definition) is 3. The maximum atomic E-state index is 12.2. The van der Waals surface area contributed by atoms with Gasteiger partial charge in [-0.2, -0.15) is 0 Å². The van der Waals surface area contributed by atoms with Gasteiger partial charge < -0.3 is 4.74 Å². The van der Waals surface area contributed by atoms with Crippen molar-refractivity contribution in [3.63, 3.8) is 0 Å². The molecule has 25 heavy (non-hydrogen) atoms. The molecular formula is C22H27NO2. The standard InChI is InChI=1S/C22H27NO2/c1-3-22(21(24)25-2)14-20(15-22)23(16-18-10-6-4-7-11-18)17-19-12-8-5-9-13-19/h4-13,20H,3,14-17H2,1-2H3/t20-,22-. The molecule has 0 unspecified atom stereocenters. The van der Waals surface area contributed by atoms with Crippen LogP contribution in [-0.4, -0.2) is 24.0 Å². The molecular weight excluding hydrogens is 310 g/mol. The molecule has 3 nitrogen and oxygen atoms in total. The normalized spacial score (nSPS) is 22.4. The number of carbonyl (C=O) groups is 1. The van der Waals surface area contributed by atoms with Crippen LogP contribution in [0.1, 0.15) is 37.3 Å². The van der Waals surface area contributed by atoms with Gasteiger partial charge in [-0.3, -0.25) is 9.69 Å². The Morgan fingerprint density at radius 2 is 1.48 bits per heavy atom. The van der Waals surface area contributed by atoms with Crippen LogP contribution in [0.3, 0.4) is 0 Å². The zero-order valence-corrected chi connectivity index (χ0v) is 15.2. The van der Waals surface area contributed by atoms with E-state index in [2.05, 4.69) is 60.4 Å². The lowest BCUT2D eigenvalue weighted by atomic mass is 9.63. The topological polar surface area (TPSA) is 29.5 Å². The molecule has 0 bridgehead atoms. The largest absolute Gasteiger partial charge is 0.469 e. The maximum Gasteiger partial charge on any atom is 0.311 e. The first-order valence-electron chi connectivity index (χ1n) is 9.07. The fraction of sp³-hybridized carbons (Fsp3) is 0.409. The summed E-state index contributed by atoms with van der Waals surface area (Å²) >= 11 is 0. The highest BCUT2D eigenvalue weighted by atomic mass is 16.5. The second-order valence-electron chi connectivity index (χ2n) is 7.06. The predicted octanol–water partition coefficient (Wildman–Crippen LogP) is 4.42. The van der Waals surface area contributed by atoms with E-state index >= 15 is 0 Å². The van der Waals surface area contributed by atoms with Crippen LogP contribution < -0.4 is 0 Å². The second-order valence-corrected chi connectivity index (χ2v) is 7.06. The Kier molecular flexibility index (Phi) is 5.54. The van der Waals surface area contributed by atoms with E-state index < -0.39 is 0 Å². The first kappa shape index (κ1) is 17.7. The molecule has 3 heteroatoms. The molecule has 2 aromatic rings. The highest BCUT2D eigenvalue weighted by molar-refractivity contribution is 5.78. The van der Waals surface area contributed by atoms with Gasteiger partial charge in [0.05, 0.1) is 12.5 Å². The van der Waals surface area contributed by atoms with Crippen molar-refractivity contribution in [2.75, 3.05) is 7.11 Å². The van der Waals surface area contributed by atoms with Crippen LogP contribution in [0.5, 0.6) is 0 Å². The summed E-state index contributed by atoms with van der Waals surface area (Å²) in [6.45, 7) is 3.90. The third-order valence-corrected chi connectivity index (χ3v) is 5.52. The van der Waals surface area contributed by atoms with Crippen molar-refractivity contribution in [1.29, 1.82) is 0 Å². The Labute approximate surface area is 150 Å². The molecule has 1 aliphatic carbocycles. The van der Waals surface area contributed by atoms with E-state index in [0.717, 1.165) is 32.4 Å². The minimum Gasteiger partial charge on any atom is -0.469 e. The fourth-order valence-corrected chi connectivity index (χ4v) is 3.87. The van der Waals surface area contributed by atoms with Gasteiger partial charge in [0.15, 0.2) is 0 Å². The SMILES string of the molecule is CC[C@]1(C(=O)OC)C[C@H](N(Cc2ccccc2)Cc2ccccc2)C1. The summed E-state index contributed by atoms with van der Waals surface area (Å²) in [7, 11) is 1.50. The Balaban J connectivity index is 1.74. The van der Waals surface area contributed by atoms with Crippen molar-refractivity contribution >= 4 is 5.97 Å². The lowest BCUT2D eigenvalue weighted by Crippen LogP contribution is -2.54. The predicted molar refractivity (Wildman–Crippen MR) is 99.9 cm³/mol. The van der Waals surface area contributed by atoms with Gasteiger partial charge in [0, 0.05) is 19.1 Å². The summed E-state index contributed by atoms with van der Waals surface area (Å²) in [5.74, 6) is -0.0503. The van der Waals surface area contributed by atoms with E-state index in [-0.39, 0.29) is 11.4 Å². The fourth-order valence-electron chi connectivity index (χ4n) is 3.87. The van der Waals surface area contributed by atoms with Gasteiger partial charge in [-0.15, -0.1) is 0 Å². The molecule has 0 radical (unpaired) electrons. The van der Waals surface area contributed by atoms with Crippen LogP contribution in [0, 0.1) is 5.41 Å². The molecule has 0 saturated heterocycles. The van der Waals surface area contributed by atoms with E-state index in [9.17, 15) is 4.79 Å². The van der Waals surface area contributed by atoms with Crippen LogP contribution in [0.15, 0.2) is 60.7 Å². The number of nitrogens with zero attached hydrogens (tertiary/aromatic N) is 1. The van der Waals surface area contributed by atoms with Crippen molar-refractivity contribution < 1.29 is 9.53 Å². The summed E-state index contributed by atoms with van der Waals surface area (Å²) in [6.07, 6.45) is 2.62. The number of methoxy groups -OCH3 is 1. The van der Waals surface area contributed by atoms with Crippen molar-refractivity contribution in [2.24, 2.45) is 5.41 Å². The number of ether oxygens (including phenoxy) is 1. The summed E-state index contributed by atoms with van der Waals surface area (Å²) < 4.78 is 5.06. The molecule has 0 atom stereocenters. The average Bonchev–Trinajstić information content (AvgIpc) is 2.62. The summed E-state index contributed by atoms with van der Waals surface area (Å²) in [5, 5.41) is 0. The molecule has 2 aromatic carbocycles. The van der Waals surface area contributed by atoms with E-state index in [0.29, 0.717) is 6.04 Å². The number of carbonyl (C=O) groups excluding carboxylic acids is 1. The number of benzene rings is 2. The molecule has 0 heterocycles. The molecule has 0 spiro atoms. The van der Waals surface area contributed by atoms with Crippen LogP contribution in [0.4, 0.5) is 0 Å². The van der Waals surface area contributed by atoms with Gasteiger partial charge in [-0.05, 0) is 30.4 Å². The smallest absolute Gasteiger partial charge is 0.311 e. The lowest BCUT2D eigenvalue weighted by molar-refractivity contribution is -0.164. The number of rotatable bonds is 7. The van der Waals surface area contributed by atoms with Gasteiger partial charge in [-0.25, -0.2) is 0 Å². The monoisotopic (exact) mass is 337 g/mol. The van der Waals surface area contributed by atoms with Gasteiger partial charge in [-0.1, -0.05) is 67.6 Å². The Morgan fingerprint density at radius 3 is 1.88 bits per heavy atom. The zero-order valence-electron chi connectivity index (χ0n) is 15.2. The highest BCUT2D eigenvalue weighted by Gasteiger charge is 2.51. The number of esters is 1. The van der Waals surface area contributed by atoms with Crippen molar-refractivity contribution in [3.05, 3.63) is 71.8 Å². The molecule has 3 rings (SSSR count).